The lowest BCUT2D eigenvalue weighted by molar-refractivity contribution is -0.121. The average Bonchev–Trinajstić information content (AvgIpc) is 3.72. The molecule has 0 aromatic heterocycles. The Labute approximate surface area is 244 Å². The van der Waals surface area contributed by atoms with Crippen LogP contribution in [0.3, 0.4) is 0 Å². The van der Waals surface area contributed by atoms with E-state index in [2.05, 4.69) is 22.3 Å². The van der Waals surface area contributed by atoms with Crippen molar-refractivity contribution in [2.75, 3.05) is 26.7 Å². The molecule has 1 saturated heterocycles. The minimum absolute atomic E-state index is 0.00195. The van der Waals surface area contributed by atoms with Crippen LogP contribution in [0.2, 0.25) is 5.02 Å². The summed E-state index contributed by atoms with van der Waals surface area (Å²) in [5.74, 6) is -0.727. The molecule has 2 fully saturated rings. The second kappa shape index (κ2) is 13.4. The van der Waals surface area contributed by atoms with Crippen LogP contribution in [-0.2, 0) is 16.9 Å². The SMILES string of the molecule is CC(=O)NC1(c2ccccc2)CCN(C[C@@H]2C[C@@H]2c2ccc(F)c(F)c2)CC1.CN(Cc1ccccc1Cl)C(=O)O. The maximum absolute atomic E-state index is 13.5. The molecule has 5 rings (SSSR count). The summed E-state index contributed by atoms with van der Waals surface area (Å²) in [6, 6.07) is 21.7. The number of piperidine rings is 1. The maximum atomic E-state index is 13.5. The fourth-order valence-electron chi connectivity index (χ4n) is 5.58. The lowest BCUT2D eigenvalue weighted by atomic mass is 9.80. The van der Waals surface area contributed by atoms with Gasteiger partial charge < -0.3 is 20.2 Å². The van der Waals surface area contributed by atoms with Gasteiger partial charge in [0, 0.05) is 38.6 Å². The normalized spacial score (nSPS) is 19.4. The van der Waals surface area contributed by atoms with E-state index in [1.54, 1.807) is 19.1 Å². The van der Waals surface area contributed by atoms with Gasteiger partial charge >= 0.3 is 6.09 Å². The van der Waals surface area contributed by atoms with Crippen LogP contribution in [0.5, 0.6) is 0 Å². The molecule has 2 amide bonds. The molecule has 6 nitrogen and oxygen atoms in total. The standard InChI is InChI=1S/C23H26F2N2O.C9H10ClNO2/c1-16(28)26-23(19-5-3-2-4-6-19)9-11-27(12-10-23)15-18-13-20(18)17-7-8-21(24)22(25)14-17;1-11(9(12)13)6-7-4-2-3-5-8(7)10/h2-8,14,18,20H,9-13,15H2,1H3,(H,26,28);2-5H,6H2,1H3,(H,12,13)/t18-,20+;/m0./s1. The van der Waals surface area contributed by atoms with E-state index in [0.717, 1.165) is 55.6 Å². The third-order valence-electron chi connectivity index (χ3n) is 7.93. The van der Waals surface area contributed by atoms with Crippen LogP contribution in [0.1, 0.15) is 48.8 Å². The highest BCUT2D eigenvalue weighted by molar-refractivity contribution is 6.31. The van der Waals surface area contributed by atoms with Gasteiger partial charge in [0.2, 0.25) is 5.91 Å². The van der Waals surface area contributed by atoms with Gasteiger partial charge in [0.05, 0.1) is 12.1 Å². The molecule has 9 heteroatoms. The van der Waals surface area contributed by atoms with E-state index < -0.39 is 17.7 Å². The van der Waals surface area contributed by atoms with Crippen LogP contribution in [-0.4, -0.2) is 53.6 Å². The maximum Gasteiger partial charge on any atom is 0.407 e. The molecule has 0 spiro atoms. The number of benzene rings is 3. The van der Waals surface area contributed by atoms with E-state index in [-0.39, 0.29) is 11.4 Å². The lowest BCUT2D eigenvalue weighted by Gasteiger charge is -2.43. The number of nitrogens with one attached hydrogen (secondary N) is 1. The van der Waals surface area contributed by atoms with Gasteiger partial charge in [-0.1, -0.05) is 66.2 Å². The fraction of sp³-hybridized carbons (Fsp3) is 0.375. The van der Waals surface area contributed by atoms with Gasteiger partial charge in [0.25, 0.3) is 0 Å². The molecule has 1 aliphatic heterocycles. The Morgan fingerprint density at radius 2 is 1.68 bits per heavy atom. The molecule has 218 valence electrons. The molecule has 0 unspecified atom stereocenters. The molecule has 1 saturated carbocycles. The highest BCUT2D eigenvalue weighted by Gasteiger charge is 2.42. The predicted molar refractivity (Wildman–Crippen MR) is 156 cm³/mol. The van der Waals surface area contributed by atoms with Crippen molar-refractivity contribution in [1.29, 1.82) is 0 Å². The Balaban J connectivity index is 0.000000251. The van der Waals surface area contributed by atoms with Crippen molar-refractivity contribution in [2.45, 2.75) is 44.2 Å². The first-order chi connectivity index (χ1) is 19.6. The summed E-state index contributed by atoms with van der Waals surface area (Å²) in [5.41, 5.74) is 2.58. The third-order valence-corrected chi connectivity index (χ3v) is 8.30. The second-order valence-electron chi connectivity index (χ2n) is 10.9. The van der Waals surface area contributed by atoms with Gasteiger partial charge in [-0.2, -0.15) is 0 Å². The van der Waals surface area contributed by atoms with Crippen molar-refractivity contribution >= 4 is 23.6 Å². The van der Waals surface area contributed by atoms with Crippen molar-refractivity contribution in [3.8, 4) is 0 Å². The molecular formula is C32H36ClF2N3O3. The van der Waals surface area contributed by atoms with E-state index in [9.17, 15) is 18.4 Å². The largest absolute Gasteiger partial charge is 0.465 e. The van der Waals surface area contributed by atoms with E-state index in [1.807, 2.05) is 36.4 Å². The molecule has 3 aromatic rings. The summed E-state index contributed by atoms with van der Waals surface area (Å²) in [6.45, 7) is 4.68. The van der Waals surface area contributed by atoms with Gasteiger partial charge in [0.15, 0.2) is 11.6 Å². The number of carbonyl (C=O) groups excluding carboxylic acids is 1. The minimum atomic E-state index is -0.958. The van der Waals surface area contributed by atoms with Gasteiger partial charge in [-0.3, -0.25) is 4.79 Å². The Morgan fingerprint density at radius 1 is 1.02 bits per heavy atom. The molecule has 0 radical (unpaired) electrons. The number of hydrogen-bond donors (Lipinski definition) is 2. The minimum Gasteiger partial charge on any atom is -0.465 e. The fourth-order valence-corrected chi connectivity index (χ4v) is 5.77. The number of amides is 2. The first-order valence-electron chi connectivity index (χ1n) is 13.8. The summed E-state index contributed by atoms with van der Waals surface area (Å²) in [6.07, 6.45) is 1.81. The van der Waals surface area contributed by atoms with Crippen LogP contribution in [0.15, 0.2) is 72.8 Å². The molecule has 1 heterocycles. The lowest BCUT2D eigenvalue weighted by Crippen LogP contribution is -2.52. The van der Waals surface area contributed by atoms with Crippen molar-refractivity contribution in [3.05, 3.63) is 106 Å². The number of hydrogen-bond acceptors (Lipinski definition) is 3. The van der Waals surface area contributed by atoms with Crippen LogP contribution < -0.4 is 5.32 Å². The van der Waals surface area contributed by atoms with E-state index >= 15 is 0 Å². The number of likely N-dealkylation sites (tertiary alicyclic amines) is 1. The summed E-state index contributed by atoms with van der Waals surface area (Å²) >= 11 is 5.85. The van der Waals surface area contributed by atoms with Gasteiger partial charge in [-0.05, 0) is 66.0 Å². The quantitative estimate of drug-likeness (QED) is 0.327. The number of carbonyl (C=O) groups is 2. The smallest absolute Gasteiger partial charge is 0.407 e. The first-order valence-corrected chi connectivity index (χ1v) is 14.1. The number of halogens is 3. The molecule has 2 atom stereocenters. The number of rotatable bonds is 7. The molecule has 0 bridgehead atoms. The van der Waals surface area contributed by atoms with E-state index in [4.69, 9.17) is 16.7 Å². The van der Waals surface area contributed by atoms with Gasteiger partial charge in [-0.25, -0.2) is 13.6 Å². The molecule has 1 aliphatic carbocycles. The Kier molecular flexibility index (Phi) is 9.99. The second-order valence-corrected chi connectivity index (χ2v) is 11.3. The van der Waals surface area contributed by atoms with Crippen LogP contribution >= 0.6 is 11.6 Å². The van der Waals surface area contributed by atoms with Crippen molar-refractivity contribution in [3.63, 3.8) is 0 Å². The van der Waals surface area contributed by atoms with Crippen LogP contribution in [0.25, 0.3) is 0 Å². The number of carboxylic acid groups (broad SMARTS) is 1. The Hall–Kier alpha value is -3.49. The van der Waals surface area contributed by atoms with Crippen molar-refractivity contribution in [1.82, 2.24) is 15.1 Å². The zero-order valence-electron chi connectivity index (χ0n) is 23.3. The van der Waals surface area contributed by atoms with Gasteiger partial charge in [-0.15, -0.1) is 0 Å². The monoisotopic (exact) mass is 583 g/mol. The Morgan fingerprint density at radius 3 is 2.29 bits per heavy atom. The Bertz CT molecular complexity index is 1350. The van der Waals surface area contributed by atoms with Crippen molar-refractivity contribution < 1.29 is 23.5 Å². The molecule has 3 aromatic carbocycles. The van der Waals surface area contributed by atoms with Gasteiger partial charge in [0.1, 0.15) is 0 Å². The summed E-state index contributed by atoms with van der Waals surface area (Å²) in [5, 5.41) is 12.4. The van der Waals surface area contributed by atoms with E-state index in [0.29, 0.717) is 23.4 Å². The zero-order chi connectivity index (χ0) is 29.6. The summed E-state index contributed by atoms with van der Waals surface area (Å²) < 4.78 is 26.6. The van der Waals surface area contributed by atoms with E-state index in [1.165, 1.54) is 24.1 Å². The third kappa shape index (κ3) is 8.05. The molecule has 2 aliphatic rings. The van der Waals surface area contributed by atoms with Crippen LogP contribution in [0, 0.1) is 17.6 Å². The summed E-state index contributed by atoms with van der Waals surface area (Å²) in [7, 11) is 1.51. The molecular weight excluding hydrogens is 548 g/mol. The molecule has 41 heavy (non-hydrogen) atoms. The molecule has 2 N–H and O–H groups in total. The predicted octanol–water partition coefficient (Wildman–Crippen LogP) is 6.65. The highest BCUT2D eigenvalue weighted by atomic mass is 35.5. The topological polar surface area (TPSA) is 72.9 Å². The number of nitrogens with zero attached hydrogens (tertiary/aromatic N) is 2. The van der Waals surface area contributed by atoms with Crippen LogP contribution in [0.4, 0.5) is 13.6 Å². The first kappa shape index (κ1) is 30.5. The average molecular weight is 584 g/mol. The van der Waals surface area contributed by atoms with Crippen molar-refractivity contribution in [2.24, 2.45) is 5.92 Å². The highest BCUT2D eigenvalue weighted by Crippen LogP contribution is 2.48. The zero-order valence-corrected chi connectivity index (χ0v) is 24.1. The summed E-state index contributed by atoms with van der Waals surface area (Å²) in [4.78, 5) is 25.9.